The fraction of sp³-hybridized carbons (Fsp3) is 0.0455. The van der Waals surface area contributed by atoms with E-state index in [1.165, 1.54) is 0 Å². The number of nitrogens with one attached hydrogen (secondary N) is 1. The molecule has 1 aliphatic heterocycles. The lowest BCUT2D eigenvalue weighted by molar-refractivity contribution is -0.116. The summed E-state index contributed by atoms with van der Waals surface area (Å²) >= 11 is 0. The van der Waals surface area contributed by atoms with Crippen molar-refractivity contribution in [2.45, 2.75) is 0 Å². The number of hydrogen-bond acceptors (Lipinski definition) is 5. The van der Waals surface area contributed by atoms with Crippen molar-refractivity contribution in [1.29, 1.82) is 0 Å². The zero-order valence-corrected chi connectivity index (χ0v) is 15.1. The molecule has 29 heavy (non-hydrogen) atoms. The number of aromatic nitrogens is 2. The van der Waals surface area contributed by atoms with Gasteiger partial charge in [-0.25, -0.2) is 9.97 Å². The fourth-order valence-electron chi connectivity index (χ4n) is 3.42. The minimum Gasteiger partial charge on any atom is -0.324 e. The Morgan fingerprint density at radius 1 is 0.759 bits per heavy atom. The highest BCUT2D eigenvalue weighted by Crippen LogP contribution is 2.23. The van der Waals surface area contributed by atoms with Gasteiger partial charge in [0.25, 0.3) is 11.8 Å². The highest BCUT2D eigenvalue weighted by Gasteiger charge is 2.36. The Kier molecular flexibility index (Phi) is 3.80. The van der Waals surface area contributed by atoms with E-state index in [0.29, 0.717) is 27.8 Å². The third kappa shape index (κ3) is 2.89. The molecule has 0 fully saturated rings. The summed E-state index contributed by atoms with van der Waals surface area (Å²) in [4.78, 5) is 47.3. The Bertz CT molecular complexity index is 1300. The molecule has 1 aliphatic rings. The number of amides is 3. The van der Waals surface area contributed by atoms with Gasteiger partial charge in [-0.3, -0.25) is 19.3 Å². The van der Waals surface area contributed by atoms with Gasteiger partial charge >= 0.3 is 0 Å². The van der Waals surface area contributed by atoms with Gasteiger partial charge in [0.1, 0.15) is 6.54 Å². The molecule has 7 nitrogen and oxygen atoms in total. The van der Waals surface area contributed by atoms with E-state index in [2.05, 4.69) is 15.3 Å². The number of rotatable bonds is 3. The van der Waals surface area contributed by atoms with Crippen molar-refractivity contribution < 1.29 is 14.4 Å². The second kappa shape index (κ2) is 6.49. The third-order valence-electron chi connectivity index (χ3n) is 4.80. The highest BCUT2D eigenvalue weighted by molar-refractivity contribution is 6.22. The van der Waals surface area contributed by atoms with E-state index in [9.17, 15) is 14.4 Å². The number of nitrogens with zero attached hydrogens (tertiary/aromatic N) is 3. The Morgan fingerprint density at radius 2 is 1.31 bits per heavy atom. The number of para-hydroxylation sites is 2. The number of fused-ring (bicyclic) bond motifs is 3. The monoisotopic (exact) mass is 382 g/mol. The quantitative estimate of drug-likeness (QED) is 0.434. The highest BCUT2D eigenvalue weighted by atomic mass is 16.2. The van der Waals surface area contributed by atoms with Crippen LogP contribution in [0.4, 0.5) is 5.69 Å². The van der Waals surface area contributed by atoms with Crippen LogP contribution in [0.25, 0.3) is 22.1 Å². The lowest BCUT2D eigenvalue weighted by Crippen LogP contribution is -2.37. The second-order valence-corrected chi connectivity index (χ2v) is 6.71. The Labute approximate surface area is 165 Å². The molecule has 5 rings (SSSR count). The van der Waals surface area contributed by atoms with Crippen LogP contribution in [0.3, 0.4) is 0 Å². The first-order valence-electron chi connectivity index (χ1n) is 9.02. The number of carbonyl (C=O) groups excluding carboxylic acids is 3. The zero-order valence-electron chi connectivity index (χ0n) is 15.1. The van der Waals surface area contributed by atoms with Crippen LogP contribution in [0, 0.1) is 0 Å². The first-order chi connectivity index (χ1) is 14.1. The van der Waals surface area contributed by atoms with Crippen LogP contribution in [-0.4, -0.2) is 39.1 Å². The van der Waals surface area contributed by atoms with Crippen LogP contribution in [0.2, 0.25) is 0 Å². The van der Waals surface area contributed by atoms with Gasteiger partial charge < -0.3 is 5.32 Å². The molecule has 0 radical (unpaired) electrons. The lowest BCUT2D eigenvalue weighted by atomic mass is 10.1. The van der Waals surface area contributed by atoms with Crippen LogP contribution in [0.5, 0.6) is 0 Å². The Hall–Kier alpha value is -4.13. The molecule has 1 aromatic heterocycles. The van der Waals surface area contributed by atoms with Gasteiger partial charge in [-0.05, 0) is 42.5 Å². The van der Waals surface area contributed by atoms with Crippen molar-refractivity contribution in [2.24, 2.45) is 0 Å². The van der Waals surface area contributed by atoms with Crippen molar-refractivity contribution >= 4 is 45.5 Å². The smallest absolute Gasteiger partial charge is 0.262 e. The molecular weight excluding hydrogens is 368 g/mol. The van der Waals surface area contributed by atoms with E-state index < -0.39 is 17.7 Å². The summed E-state index contributed by atoms with van der Waals surface area (Å²) in [5.41, 5.74) is 4.06. The minimum atomic E-state index is -0.465. The molecule has 140 valence electrons. The van der Waals surface area contributed by atoms with Gasteiger partial charge in [-0.2, -0.15) is 0 Å². The normalized spacial score (nSPS) is 13.2. The van der Waals surface area contributed by atoms with Gasteiger partial charge in [0.15, 0.2) is 0 Å². The Morgan fingerprint density at radius 3 is 1.97 bits per heavy atom. The molecule has 0 saturated carbocycles. The van der Waals surface area contributed by atoms with Gasteiger partial charge in [-0.15, -0.1) is 0 Å². The number of anilines is 1. The first-order valence-corrected chi connectivity index (χ1v) is 9.02. The summed E-state index contributed by atoms with van der Waals surface area (Å²) in [5.74, 6) is -1.39. The summed E-state index contributed by atoms with van der Waals surface area (Å²) in [7, 11) is 0. The third-order valence-corrected chi connectivity index (χ3v) is 4.80. The Balaban J connectivity index is 1.37. The first kappa shape index (κ1) is 17.0. The molecule has 0 spiro atoms. The molecule has 0 unspecified atom stereocenters. The van der Waals surface area contributed by atoms with Crippen LogP contribution in [-0.2, 0) is 4.79 Å². The molecule has 7 heteroatoms. The SMILES string of the molecule is O=C(CN1C(=O)c2ccccc2C1=O)Nc1ccc2nc3ccccc3nc2c1. The maximum absolute atomic E-state index is 12.5. The molecule has 1 N–H and O–H groups in total. The van der Waals surface area contributed by atoms with Crippen molar-refractivity contribution in [3.05, 3.63) is 77.9 Å². The van der Waals surface area contributed by atoms with E-state index in [4.69, 9.17) is 0 Å². The van der Waals surface area contributed by atoms with Crippen molar-refractivity contribution in [1.82, 2.24) is 14.9 Å². The van der Waals surface area contributed by atoms with Crippen molar-refractivity contribution in [3.63, 3.8) is 0 Å². The van der Waals surface area contributed by atoms with E-state index in [0.717, 1.165) is 15.9 Å². The van der Waals surface area contributed by atoms with Crippen molar-refractivity contribution in [2.75, 3.05) is 11.9 Å². The lowest BCUT2D eigenvalue weighted by Gasteiger charge is -2.13. The zero-order chi connectivity index (χ0) is 20.0. The van der Waals surface area contributed by atoms with Gasteiger partial charge in [0, 0.05) is 5.69 Å². The summed E-state index contributed by atoms with van der Waals surface area (Å²) in [6, 6.07) is 19.3. The predicted octanol–water partition coefficient (Wildman–Crippen LogP) is 3.02. The van der Waals surface area contributed by atoms with Gasteiger partial charge in [0.2, 0.25) is 5.91 Å². The predicted molar refractivity (Wildman–Crippen MR) is 107 cm³/mol. The average molecular weight is 382 g/mol. The van der Waals surface area contributed by atoms with Crippen LogP contribution in [0.1, 0.15) is 20.7 Å². The second-order valence-electron chi connectivity index (χ2n) is 6.71. The largest absolute Gasteiger partial charge is 0.324 e. The minimum absolute atomic E-state index is 0.318. The maximum Gasteiger partial charge on any atom is 0.262 e. The average Bonchev–Trinajstić information content (AvgIpc) is 2.97. The number of benzene rings is 3. The molecule has 0 atom stereocenters. The van der Waals surface area contributed by atoms with E-state index in [1.54, 1.807) is 42.5 Å². The number of hydrogen-bond donors (Lipinski definition) is 1. The fourth-order valence-corrected chi connectivity index (χ4v) is 3.42. The number of imide groups is 1. The molecule has 0 bridgehead atoms. The van der Waals surface area contributed by atoms with Crippen LogP contribution < -0.4 is 5.32 Å². The molecule has 3 aromatic carbocycles. The summed E-state index contributed by atoms with van der Waals surface area (Å²) in [6.07, 6.45) is 0. The molecule has 2 heterocycles. The van der Waals surface area contributed by atoms with E-state index in [-0.39, 0.29) is 6.54 Å². The van der Waals surface area contributed by atoms with Crippen LogP contribution in [0.15, 0.2) is 66.7 Å². The molecular formula is C22H14N4O3. The standard InChI is InChI=1S/C22H14N4O3/c27-20(12-26-21(28)14-5-1-2-6-15(14)22(26)29)23-13-9-10-18-19(11-13)25-17-8-4-3-7-16(17)24-18/h1-11H,12H2,(H,23,27). The van der Waals surface area contributed by atoms with E-state index in [1.807, 2.05) is 24.3 Å². The molecule has 3 amide bonds. The molecule has 0 aliphatic carbocycles. The summed E-state index contributed by atoms with van der Waals surface area (Å²) < 4.78 is 0. The van der Waals surface area contributed by atoms with Crippen LogP contribution >= 0.6 is 0 Å². The maximum atomic E-state index is 12.5. The molecule has 4 aromatic rings. The summed E-state index contributed by atoms with van der Waals surface area (Å²) in [6.45, 7) is -0.353. The topological polar surface area (TPSA) is 92.3 Å². The van der Waals surface area contributed by atoms with Crippen molar-refractivity contribution in [3.8, 4) is 0 Å². The number of carbonyl (C=O) groups is 3. The summed E-state index contributed by atoms with van der Waals surface area (Å²) in [5, 5.41) is 2.72. The molecule has 0 saturated heterocycles. The van der Waals surface area contributed by atoms with Gasteiger partial charge in [0.05, 0.1) is 33.2 Å². The van der Waals surface area contributed by atoms with Gasteiger partial charge in [-0.1, -0.05) is 24.3 Å². The van der Waals surface area contributed by atoms with E-state index >= 15 is 0 Å².